The van der Waals surface area contributed by atoms with Crippen LogP contribution < -0.4 is 5.32 Å². The molecular formula is C30H35ClN2O2S. The highest BCUT2D eigenvalue weighted by molar-refractivity contribution is 7.98. The molecule has 0 radical (unpaired) electrons. The second kappa shape index (κ2) is 14.7. The molecule has 0 bridgehead atoms. The van der Waals surface area contributed by atoms with Crippen molar-refractivity contribution in [1.29, 1.82) is 0 Å². The van der Waals surface area contributed by atoms with Crippen molar-refractivity contribution in [3.05, 3.63) is 107 Å². The molecule has 6 heteroatoms. The number of thioether (sulfide) groups is 1. The van der Waals surface area contributed by atoms with Crippen LogP contribution in [0.3, 0.4) is 0 Å². The van der Waals surface area contributed by atoms with E-state index in [-0.39, 0.29) is 17.9 Å². The molecular weight excluding hydrogens is 488 g/mol. The smallest absolute Gasteiger partial charge is 0.243 e. The topological polar surface area (TPSA) is 49.4 Å². The SMILES string of the molecule is CC[C@@H](C)NC(=O)[C@@H](Cc1ccccc1)N(Cc1cccc(Cl)c1)C(=O)CCSCc1ccccc1. The Balaban J connectivity index is 1.80. The summed E-state index contributed by atoms with van der Waals surface area (Å²) in [7, 11) is 0. The Bertz CT molecular complexity index is 1090. The van der Waals surface area contributed by atoms with Gasteiger partial charge in [0.2, 0.25) is 11.8 Å². The summed E-state index contributed by atoms with van der Waals surface area (Å²) in [5, 5.41) is 3.72. The molecule has 0 aliphatic heterocycles. The largest absolute Gasteiger partial charge is 0.352 e. The molecule has 0 aliphatic rings. The molecule has 1 N–H and O–H groups in total. The van der Waals surface area contributed by atoms with Crippen molar-refractivity contribution in [2.45, 2.75) is 57.5 Å². The third kappa shape index (κ3) is 9.03. The molecule has 0 spiro atoms. The van der Waals surface area contributed by atoms with E-state index in [1.807, 2.05) is 86.6 Å². The molecule has 3 aromatic rings. The summed E-state index contributed by atoms with van der Waals surface area (Å²) in [6, 6.07) is 27.0. The van der Waals surface area contributed by atoms with E-state index < -0.39 is 6.04 Å². The number of benzene rings is 3. The van der Waals surface area contributed by atoms with Crippen LogP contribution in [0.1, 0.15) is 43.4 Å². The fourth-order valence-electron chi connectivity index (χ4n) is 3.89. The molecule has 3 rings (SSSR count). The van der Waals surface area contributed by atoms with Gasteiger partial charge in [-0.1, -0.05) is 91.3 Å². The minimum absolute atomic E-state index is 0.0281. The van der Waals surface area contributed by atoms with Gasteiger partial charge in [0.15, 0.2) is 0 Å². The number of halogens is 1. The van der Waals surface area contributed by atoms with Gasteiger partial charge in [0.05, 0.1) is 0 Å². The van der Waals surface area contributed by atoms with Crippen LogP contribution in [-0.4, -0.2) is 34.6 Å². The van der Waals surface area contributed by atoms with Gasteiger partial charge < -0.3 is 10.2 Å². The van der Waals surface area contributed by atoms with Crippen LogP contribution in [0.5, 0.6) is 0 Å². The maximum atomic E-state index is 13.6. The lowest BCUT2D eigenvalue weighted by Crippen LogP contribution is -2.52. The van der Waals surface area contributed by atoms with Crippen LogP contribution in [0.4, 0.5) is 0 Å². The molecule has 2 amide bonds. The molecule has 0 saturated heterocycles. The zero-order chi connectivity index (χ0) is 25.8. The van der Waals surface area contributed by atoms with Crippen LogP contribution in [0.25, 0.3) is 0 Å². The van der Waals surface area contributed by atoms with Crippen LogP contribution >= 0.6 is 23.4 Å². The Morgan fingerprint density at radius 2 is 1.56 bits per heavy atom. The molecule has 36 heavy (non-hydrogen) atoms. The normalized spacial score (nSPS) is 12.5. The zero-order valence-electron chi connectivity index (χ0n) is 21.0. The van der Waals surface area contributed by atoms with Crippen molar-refractivity contribution >= 4 is 35.2 Å². The van der Waals surface area contributed by atoms with Crippen LogP contribution in [-0.2, 0) is 28.3 Å². The molecule has 0 aliphatic carbocycles. The van der Waals surface area contributed by atoms with Gasteiger partial charge in [0.1, 0.15) is 6.04 Å². The molecule has 3 aromatic carbocycles. The predicted octanol–water partition coefficient (Wildman–Crippen LogP) is 6.52. The first-order valence-corrected chi connectivity index (χ1v) is 14.0. The first-order valence-electron chi connectivity index (χ1n) is 12.5. The summed E-state index contributed by atoms with van der Waals surface area (Å²) in [6.45, 7) is 4.35. The molecule has 0 saturated carbocycles. The van der Waals surface area contributed by atoms with Gasteiger partial charge in [-0.2, -0.15) is 11.8 Å². The van der Waals surface area contributed by atoms with E-state index in [0.29, 0.717) is 30.2 Å². The Labute approximate surface area is 224 Å². The average Bonchev–Trinajstić information content (AvgIpc) is 2.89. The maximum absolute atomic E-state index is 13.6. The Morgan fingerprint density at radius 3 is 2.19 bits per heavy atom. The van der Waals surface area contributed by atoms with E-state index >= 15 is 0 Å². The summed E-state index contributed by atoms with van der Waals surface area (Å²) < 4.78 is 0. The van der Waals surface area contributed by atoms with Crippen molar-refractivity contribution in [3.63, 3.8) is 0 Å². The minimum atomic E-state index is -0.619. The number of hydrogen-bond acceptors (Lipinski definition) is 3. The third-order valence-electron chi connectivity index (χ3n) is 6.09. The number of carbonyl (C=O) groups excluding carboxylic acids is 2. The summed E-state index contributed by atoms with van der Waals surface area (Å²) in [6.07, 6.45) is 1.63. The average molecular weight is 523 g/mol. The molecule has 0 aromatic heterocycles. The first-order chi connectivity index (χ1) is 17.5. The second-order valence-electron chi connectivity index (χ2n) is 8.96. The third-order valence-corrected chi connectivity index (χ3v) is 7.35. The number of amides is 2. The lowest BCUT2D eigenvalue weighted by Gasteiger charge is -2.32. The molecule has 0 heterocycles. The maximum Gasteiger partial charge on any atom is 0.243 e. The predicted molar refractivity (Wildman–Crippen MR) is 151 cm³/mol. The van der Waals surface area contributed by atoms with Gasteiger partial charge in [-0.15, -0.1) is 0 Å². The van der Waals surface area contributed by atoms with Gasteiger partial charge >= 0.3 is 0 Å². The van der Waals surface area contributed by atoms with Crippen LogP contribution in [0, 0.1) is 0 Å². The highest BCUT2D eigenvalue weighted by Crippen LogP contribution is 2.20. The standard InChI is InChI=1S/C30H35ClN2O2S/c1-3-23(2)32-30(35)28(20-24-11-6-4-7-12-24)33(21-26-15-10-16-27(31)19-26)29(34)17-18-36-22-25-13-8-5-9-14-25/h4-16,19,23,28H,3,17-18,20-22H2,1-2H3,(H,32,35)/t23-,28-/m1/s1. The summed E-state index contributed by atoms with van der Waals surface area (Å²) in [5.41, 5.74) is 3.16. The fraction of sp³-hybridized carbons (Fsp3) is 0.333. The number of nitrogens with zero attached hydrogens (tertiary/aromatic N) is 1. The summed E-state index contributed by atoms with van der Waals surface area (Å²) in [5.74, 6) is 1.38. The van der Waals surface area contributed by atoms with Crippen molar-refractivity contribution in [2.75, 3.05) is 5.75 Å². The van der Waals surface area contributed by atoms with Crippen LogP contribution in [0.2, 0.25) is 5.02 Å². The number of carbonyl (C=O) groups is 2. The lowest BCUT2D eigenvalue weighted by molar-refractivity contribution is -0.141. The van der Waals surface area contributed by atoms with Gasteiger partial charge in [-0.25, -0.2) is 0 Å². The van der Waals surface area contributed by atoms with E-state index in [2.05, 4.69) is 17.4 Å². The number of hydrogen-bond donors (Lipinski definition) is 1. The minimum Gasteiger partial charge on any atom is -0.352 e. The Hall–Kier alpha value is -2.76. The van der Waals surface area contributed by atoms with E-state index in [9.17, 15) is 9.59 Å². The van der Waals surface area contributed by atoms with E-state index in [1.54, 1.807) is 16.7 Å². The number of nitrogens with one attached hydrogen (secondary N) is 1. The lowest BCUT2D eigenvalue weighted by atomic mass is 10.0. The van der Waals surface area contributed by atoms with Crippen molar-refractivity contribution in [1.82, 2.24) is 10.2 Å². The first kappa shape index (κ1) is 27.8. The Kier molecular flexibility index (Phi) is 11.4. The van der Waals surface area contributed by atoms with E-state index in [0.717, 1.165) is 23.3 Å². The monoisotopic (exact) mass is 522 g/mol. The van der Waals surface area contributed by atoms with Crippen molar-refractivity contribution in [2.24, 2.45) is 0 Å². The molecule has 4 nitrogen and oxygen atoms in total. The van der Waals surface area contributed by atoms with Gasteiger partial charge in [-0.05, 0) is 42.2 Å². The molecule has 190 valence electrons. The van der Waals surface area contributed by atoms with Crippen molar-refractivity contribution in [3.8, 4) is 0 Å². The highest BCUT2D eigenvalue weighted by Gasteiger charge is 2.30. The highest BCUT2D eigenvalue weighted by atomic mass is 35.5. The fourth-order valence-corrected chi connectivity index (χ4v) is 5.00. The molecule has 2 atom stereocenters. The van der Waals surface area contributed by atoms with Crippen molar-refractivity contribution < 1.29 is 9.59 Å². The van der Waals surface area contributed by atoms with Gasteiger partial charge in [0, 0.05) is 42.0 Å². The van der Waals surface area contributed by atoms with E-state index in [4.69, 9.17) is 11.6 Å². The van der Waals surface area contributed by atoms with Gasteiger partial charge in [-0.3, -0.25) is 9.59 Å². The number of rotatable bonds is 13. The molecule has 0 fully saturated rings. The Morgan fingerprint density at radius 1 is 0.917 bits per heavy atom. The second-order valence-corrected chi connectivity index (χ2v) is 10.5. The quantitative estimate of drug-likeness (QED) is 0.260. The van der Waals surface area contributed by atoms with Crippen LogP contribution in [0.15, 0.2) is 84.9 Å². The molecule has 0 unspecified atom stereocenters. The van der Waals surface area contributed by atoms with Gasteiger partial charge in [0.25, 0.3) is 0 Å². The summed E-state index contributed by atoms with van der Waals surface area (Å²) in [4.78, 5) is 28.9. The van der Waals surface area contributed by atoms with E-state index in [1.165, 1.54) is 5.56 Å². The zero-order valence-corrected chi connectivity index (χ0v) is 22.6. The summed E-state index contributed by atoms with van der Waals surface area (Å²) >= 11 is 7.97.